The molecule has 1 amide bonds. The zero-order valence-electron chi connectivity index (χ0n) is 21.3. The quantitative estimate of drug-likeness (QED) is 0.434. The van der Waals surface area contributed by atoms with Crippen molar-refractivity contribution in [2.75, 3.05) is 26.8 Å². The van der Waals surface area contributed by atoms with Crippen molar-refractivity contribution in [3.63, 3.8) is 0 Å². The van der Waals surface area contributed by atoms with Crippen LogP contribution in [0.25, 0.3) is 17.0 Å². The molecule has 3 aromatic rings. The predicted octanol–water partition coefficient (Wildman–Crippen LogP) is 5.03. The number of para-hydroxylation sites is 1. The Morgan fingerprint density at radius 1 is 1.11 bits per heavy atom. The van der Waals surface area contributed by atoms with E-state index < -0.39 is 0 Å². The Hall–Kier alpha value is -2.89. The van der Waals surface area contributed by atoms with Gasteiger partial charge in [-0.1, -0.05) is 54.1 Å². The molecular weight excluding hydrogens is 446 g/mol. The summed E-state index contributed by atoms with van der Waals surface area (Å²) in [5.41, 5.74) is 6.69. The smallest absolute Gasteiger partial charge is 0.228 e. The molecule has 6 rings (SSSR count). The van der Waals surface area contributed by atoms with Gasteiger partial charge in [0, 0.05) is 56.5 Å². The number of benzene rings is 2. The fourth-order valence-electron chi connectivity index (χ4n) is 6.29. The molecule has 1 aromatic heterocycles. The van der Waals surface area contributed by atoms with Crippen molar-refractivity contribution < 1.29 is 9.53 Å². The molecule has 0 radical (unpaired) electrons. The molecule has 1 aliphatic heterocycles. The minimum atomic E-state index is 0.00923. The van der Waals surface area contributed by atoms with Crippen LogP contribution in [0.4, 0.5) is 0 Å². The van der Waals surface area contributed by atoms with Gasteiger partial charge in [-0.3, -0.25) is 4.79 Å². The molecule has 0 unspecified atom stereocenters. The number of methoxy groups -OCH3 is 1. The lowest BCUT2D eigenvalue weighted by Gasteiger charge is -2.36. The molecule has 3 aliphatic rings. The molecule has 36 heavy (non-hydrogen) atoms. The minimum Gasteiger partial charge on any atom is -0.385 e. The average molecular weight is 484 g/mol. The highest BCUT2D eigenvalue weighted by Gasteiger charge is 2.41. The lowest BCUT2D eigenvalue weighted by molar-refractivity contribution is -0.138. The average Bonchev–Trinajstić information content (AvgIpc) is 3.57. The number of carbonyl (C=O) groups excluding carboxylic acids is 1. The molecule has 1 N–H and O–H groups in total. The van der Waals surface area contributed by atoms with Gasteiger partial charge in [-0.05, 0) is 67.3 Å². The number of nitrogens with zero attached hydrogens (tertiary/aromatic N) is 2. The molecule has 0 bridgehead atoms. The van der Waals surface area contributed by atoms with Crippen molar-refractivity contribution >= 4 is 22.9 Å². The van der Waals surface area contributed by atoms with E-state index in [4.69, 9.17) is 4.74 Å². The molecule has 0 spiro atoms. The maximum atomic E-state index is 14.2. The Bertz CT molecular complexity index is 1270. The summed E-state index contributed by atoms with van der Waals surface area (Å²) in [6.07, 6.45) is 9.88. The number of piperidine rings is 1. The maximum absolute atomic E-state index is 14.2. The summed E-state index contributed by atoms with van der Waals surface area (Å²) in [4.78, 5) is 16.4. The summed E-state index contributed by atoms with van der Waals surface area (Å²) in [6.45, 7) is 4.14. The fourth-order valence-corrected chi connectivity index (χ4v) is 6.29. The van der Waals surface area contributed by atoms with E-state index in [-0.39, 0.29) is 5.92 Å². The maximum Gasteiger partial charge on any atom is 0.228 e. The fraction of sp³-hybridized carbons (Fsp3) is 0.452. The van der Waals surface area contributed by atoms with Gasteiger partial charge in [0.1, 0.15) is 0 Å². The Kier molecular flexibility index (Phi) is 6.68. The predicted molar refractivity (Wildman–Crippen MR) is 145 cm³/mol. The van der Waals surface area contributed by atoms with Gasteiger partial charge in [0.2, 0.25) is 5.91 Å². The lowest BCUT2D eigenvalue weighted by atomic mass is 9.79. The first-order valence-corrected chi connectivity index (χ1v) is 13.6. The second-order valence-corrected chi connectivity index (χ2v) is 10.7. The van der Waals surface area contributed by atoms with Crippen molar-refractivity contribution in [2.45, 2.75) is 51.2 Å². The third-order valence-electron chi connectivity index (χ3n) is 8.30. The van der Waals surface area contributed by atoms with Gasteiger partial charge in [0.25, 0.3) is 0 Å². The molecule has 5 heteroatoms. The number of aromatic nitrogens is 1. The van der Waals surface area contributed by atoms with E-state index in [0.717, 1.165) is 58.3 Å². The van der Waals surface area contributed by atoms with Gasteiger partial charge in [0.05, 0.1) is 5.92 Å². The molecule has 5 nitrogen and oxygen atoms in total. The van der Waals surface area contributed by atoms with Gasteiger partial charge in [-0.2, -0.15) is 0 Å². The highest BCUT2D eigenvalue weighted by molar-refractivity contribution is 5.86. The van der Waals surface area contributed by atoms with Gasteiger partial charge >= 0.3 is 0 Å². The number of carbonyl (C=O) groups is 1. The molecular formula is C31H37N3O2. The lowest BCUT2D eigenvalue weighted by Crippen LogP contribution is -2.48. The molecule has 1 saturated carbocycles. The second kappa shape index (κ2) is 10.2. The van der Waals surface area contributed by atoms with Crippen molar-refractivity contribution in [3.05, 3.63) is 77.0 Å². The topological polar surface area (TPSA) is 46.5 Å². The van der Waals surface area contributed by atoms with E-state index in [1.807, 2.05) is 0 Å². The molecule has 2 fully saturated rings. The standard InChI is InChI=1S/C31H37N3O2/c1-36-16-6-15-33-20-25(28-9-4-5-10-30(28)33)21-34(26-11-12-26)31(35)29-19-32-14-13-27(29)24-17-22-7-2-3-8-23(22)18-24/h2-5,7-10,17,20,26-27,29,32H,6,11-16,18-19,21H2,1H3/t27-,29+/m1/s1. The van der Waals surface area contributed by atoms with Gasteiger partial charge < -0.3 is 19.5 Å². The number of fused-ring (bicyclic) bond motifs is 2. The minimum absolute atomic E-state index is 0.00923. The summed E-state index contributed by atoms with van der Waals surface area (Å²) >= 11 is 0. The van der Waals surface area contributed by atoms with Crippen LogP contribution in [0, 0.1) is 11.8 Å². The van der Waals surface area contributed by atoms with Crippen LogP contribution in [0.3, 0.4) is 0 Å². The third kappa shape index (κ3) is 4.62. The van der Waals surface area contributed by atoms with Gasteiger partial charge in [-0.15, -0.1) is 0 Å². The van der Waals surface area contributed by atoms with E-state index in [9.17, 15) is 4.79 Å². The highest BCUT2D eigenvalue weighted by atomic mass is 16.5. The third-order valence-corrected chi connectivity index (χ3v) is 8.30. The normalized spacial score (nSPS) is 21.4. The van der Waals surface area contributed by atoms with Crippen LogP contribution in [0.15, 0.2) is 60.3 Å². The number of amides is 1. The first-order valence-electron chi connectivity index (χ1n) is 13.6. The molecule has 1 saturated heterocycles. The summed E-state index contributed by atoms with van der Waals surface area (Å²) < 4.78 is 7.62. The SMILES string of the molecule is COCCCn1cc(CN(C(=O)[C@H]2CNCC[C@@H]2C2=Cc3ccccc3C2)C2CC2)c2ccccc21. The van der Waals surface area contributed by atoms with E-state index in [1.165, 1.54) is 33.2 Å². The molecule has 2 heterocycles. The van der Waals surface area contributed by atoms with Gasteiger partial charge in [-0.25, -0.2) is 0 Å². The summed E-state index contributed by atoms with van der Waals surface area (Å²) in [7, 11) is 1.76. The zero-order chi connectivity index (χ0) is 24.5. The van der Waals surface area contributed by atoms with E-state index >= 15 is 0 Å². The first kappa shape index (κ1) is 23.5. The molecule has 188 valence electrons. The molecule has 2 aliphatic carbocycles. The van der Waals surface area contributed by atoms with Crippen molar-refractivity contribution in [3.8, 4) is 0 Å². The summed E-state index contributed by atoms with van der Waals surface area (Å²) in [5, 5.41) is 4.80. The Morgan fingerprint density at radius 2 is 1.94 bits per heavy atom. The number of hydrogen-bond donors (Lipinski definition) is 1. The highest BCUT2D eigenvalue weighted by Crippen LogP contribution is 2.39. The Labute approximate surface area is 214 Å². The number of aryl methyl sites for hydroxylation is 1. The van der Waals surface area contributed by atoms with Gasteiger partial charge in [0.15, 0.2) is 0 Å². The number of ether oxygens (including phenoxy) is 1. The summed E-state index contributed by atoms with van der Waals surface area (Å²) in [6, 6.07) is 17.7. The van der Waals surface area contributed by atoms with Crippen LogP contribution in [-0.4, -0.2) is 48.2 Å². The van der Waals surface area contributed by atoms with Crippen LogP contribution in [-0.2, 0) is 29.0 Å². The van der Waals surface area contributed by atoms with E-state index in [1.54, 1.807) is 7.11 Å². The van der Waals surface area contributed by atoms with Crippen LogP contribution in [0.2, 0.25) is 0 Å². The zero-order valence-corrected chi connectivity index (χ0v) is 21.3. The van der Waals surface area contributed by atoms with Crippen LogP contribution in [0.5, 0.6) is 0 Å². The van der Waals surface area contributed by atoms with Crippen molar-refractivity contribution in [2.24, 2.45) is 11.8 Å². The Morgan fingerprint density at radius 3 is 2.78 bits per heavy atom. The van der Waals surface area contributed by atoms with Crippen LogP contribution < -0.4 is 5.32 Å². The number of rotatable bonds is 9. The van der Waals surface area contributed by atoms with E-state index in [0.29, 0.717) is 24.4 Å². The number of nitrogens with one attached hydrogen (secondary N) is 1. The second-order valence-electron chi connectivity index (χ2n) is 10.7. The largest absolute Gasteiger partial charge is 0.385 e. The van der Waals surface area contributed by atoms with Crippen molar-refractivity contribution in [1.29, 1.82) is 0 Å². The van der Waals surface area contributed by atoms with E-state index in [2.05, 4.69) is 75.6 Å². The van der Waals surface area contributed by atoms with Crippen LogP contribution in [0.1, 0.15) is 42.4 Å². The first-order chi connectivity index (χ1) is 17.7. The number of hydrogen-bond acceptors (Lipinski definition) is 3. The number of allylic oxidation sites excluding steroid dienone is 1. The van der Waals surface area contributed by atoms with Crippen LogP contribution >= 0.6 is 0 Å². The van der Waals surface area contributed by atoms with Crippen molar-refractivity contribution in [1.82, 2.24) is 14.8 Å². The molecule has 2 atom stereocenters. The molecule has 2 aromatic carbocycles. The monoisotopic (exact) mass is 483 g/mol. The Balaban J connectivity index is 1.25. The summed E-state index contributed by atoms with van der Waals surface area (Å²) in [5.74, 6) is 0.667.